The number of nitrogens with zero attached hydrogens (tertiary/aromatic N) is 1. The number of carbonyl (C=O) groups is 3. The van der Waals surface area contributed by atoms with Gasteiger partial charge in [-0.1, -0.05) is 36.4 Å². The number of benzene rings is 3. The number of fused-ring (bicyclic) bond motifs is 2. The SMILES string of the molecule is CCOC(=O)CS(=O)(=O)NC(=O)Cc1ccc(N2Cc3c(c(OCC)c4ccccc4c3OCC)C2=O)cc1. The first-order chi connectivity index (χ1) is 18.7. The summed E-state index contributed by atoms with van der Waals surface area (Å²) in [6.45, 7) is 6.46. The molecule has 1 N–H and O–H groups in total. The number of esters is 1. The first kappa shape index (κ1) is 27.9. The Morgan fingerprint density at radius 1 is 0.897 bits per heavy atom. The van der Waals surface area contributed by atoms with E-state index in [0.717, 1.165) is 16.3 Å². The molecule has 0 radical (unpaired) electrons. The van der Waals surface area contributed by atoms with Crippen molar-refractivity contribution in [3.05, 3.63) is 65.2 Å². The highest BCUT2D eigenvalue weighted by Gasteiger charge is 2.36. The molecule has 1 aliphatic rings. The summed E-state index contributed by atoms with van der Waals surface area (Å²) in [6, 6.07) is 14.3. The van der Waals surface area contributed by atoms with Crippen molar-refractivity contribution in [1.29, 1.82) is 0 Å². The first-order valence-corrected chi connectivity index (χ1v) is 14.3. The Kier molecular flexibility index (Phi) is 8.39. The molecule has 0 atom stereocenters. The lowest BCUT2D eigenvalue weighted by atomic mass is 9.99. The summed E-state index contributed by atoms with van der Waals surface area (Å²) in [6.07, 6.45) is -0.231. The van der Waals surface area contributed by atoms with Crippen molar-refractivity contribution in [2.75, 3.05) is 30.5 Å². The summed E-state index contributed by atoms with van der Waals surface area (Å²) < 4.78 is 42.5. The molecule has 206 valence electrons. The van der Waals surface area contributed by atoms with E-state index >= 15 is 0 Å². The van der Waals surface area contributed by atoms with Crippen molar-refractivity contribution in [3.8, 4) is 11.5 Å². The molecule has 0 aromatic heterocycles. The Hall–Kier alpha value is -4.12. The molecule has 0 unspecified atom stereocenters. The van der Waals surface area contributed by atoms with Crippen molar-refractivity contribution in [2.45, 2.75) is 33.7 Å². The van der Waals surface area contributed by atoms with E-state index in [-0.39, 0.29) is 25.5 Å². The number of amides is 2. The minimum atomic E-state index is -4.17. The first-order valence-electron chi connectivity index (χ1n) is 12.6. The smallest absolute Gasteiger partial charge is 0.323 e. The third kappa shape index (κ3) is 5.98. The van der Waals surface area contributed by atoms with Crippen molar-refractivity contribution in [2.24, 2.45) is 0 Å². The molecular weight excluding hydrogens is 524 g/mol. The Morgan fingerprint density at radius 3 is 2.13 bits per heavy atom. The largest absolute Gasteiger partial charge is 0.493 e. The minimum Gasteiger partial charge on any atom is -0.493 e. The molecule has 0 fully saturated rings. The molecule has 4 rings (SSSR count). The maximum absolute atomic E-state index is 13.7. The number of ether oxygens (including phenoxy) is 3. The molecule has 0 spiro atoms. The lowest BCUT2D eigenvalue weighted by Crippen LogP contribution is -2.36. The third-order valence-electron chi connectivity index (χ3n) is 6.07. The van der Waals surface area contributed by atoms with Crippen LogP contribution >= 0.6 is 0 Å². The van der Waals surface area contributed by atoms with Gasteiger partial charge in [0.15, 0.2) is 5.75 Å². The van der Waals surface area contributed by atoms with Gasteiger partial charge in [0.25, 0.3) is 5.91 Å². The van der Waals surface area contributed by atoms with Crippen LogP contribution in [0.25, 0.3) is 10.8 Å². The maximum Gasteiger partial charge on any atom is 0.323 e. The van der Waals surface area contributed by atoms with Gasteiger partial charge in [0.2, 0.25) is 15.9 Å². The zero-order valence-corrected chi connectivity index (χ0v) is 22.8. The van der Waals surface area contributed by atoms with Gasteiger partial charge < -0.3 is 19.1 Å². The molecule has 0 aliphatic carbocycles. The molecular formula is C28H30N2O8S. The zero-order valence-electron chi connectivity index (χ0n) is 22.0. The molecule has 1 aliphatic heterocycles. The summed E-state index contributed by atoms with van der Waals surface area (Å²) in [5, 5.41) is 1.67. The summed E-state index contributed by atoms with van der Waals surface area (Å²) >= 11 is 0. The van der Waals surface area contributed by atoms with Crippen LogP contribution in [0.1, 0.15) is 42.3 Å². The predicted molar refractivity (Wildman–Crippen MR) is 146 cm³/mol. The Balaban J connectivity index is 1.56. The summed E-state index contributed by atoms with van der Waals surface area (Å²) in [4.78, 5) is 39.0. The molecule has 3 aromatic carbocycles. The van der Waals surface area contributed by atoms with Crippen LogP contribution in [0.4, 0.5) is 5.69 Å². The minimum absolute atomic E-state index is 0.0373. The van der Waals surface area contributed by atoms with Crippen molar-refractivity contribution in [1.82, 2.24) is 4.72 Å². The number of hydrogen-bond donors (Lipinski definition) is 1. The average Bonchev–Trinajstić information content (AvgIpc) is 3.22. The maximum atomic E-state index is 13.7. The zero-order chi connectivity index (χ0) is 28.2. The quantitative estimate of drug-likeness (QED) is 0.358. The van der Waals surface area contributed by atoms with Crippen LogP contribution in [0.3, 0.4) is 0 Å². The molecule has 11 heteroatoms. The number of rotatable bonds is 11. The number of nitrogens with one attached hydrogen (secondary N) is 1. The number of anilines is 1. The van der Waals surface area contributed by atoms with Gasteiger partial charge in [-0.25, -0.2) is 8.42 Å². The van der Waals surface area contributed by atoms with E-state index < -0.39 is 27.7 Å². The molecule has 10 nitrogen and oxygen atoms in total. The van der Waals surface area contributed by atoms with E-state index in [4.69, 9.17) is 9.47 Å². The number of carbonyl (C=O) groups excluding carboxylic acids is 3. The van der Waals surface area contributed by atoms with Gasteiger partial charge in [-0.05, 0) is 38.5 Å². The third-order valence-corrected chi connectivity index (χ3v) is 7.22. The van der Waals surface area contributed by atoms with Gasteiger partial charge in [-0.2, -0.15) is 0 Å². The van der Waals surface area contributed by atoms with Crippen molar-refractivity contribution < 1.29 is 37.0 Å². The van der Waals surface area contributed by atoms with Crippen LogP contribution in [0.5, 0.6) is 11.5 Å². The van der Waals surface area contributed by atoms with Crippen molar-refractivity contribution in [3.63, 3.8) is 0 Å². The van der Waals surface area contributed by atoms with Crippen LogP contribution in [-0.4, -0.2) is 51.8 Å². The molecule has 0 saturated heterocycles. The summed E-state index contributed by atoms with van der Waals surface area (Å²) in [5.74, 6) is -1.71. The van der Waals surface area contributed by atoms with Gasteiger partial charge >= 0.3 is 5.97 Å². The second-order valence-electron chi connectivity index (χ2n) is 8.75. The van der Waals surface area contributed by atoms with E-state index in [1.807, 2.05) is 42.8 Å². The second-order valence-corrected chi connectivity index (χ2v) is 10.5. The van der Waals surface area contributed by atoms with Gasteiger partial charge in [0.05, 0.1) is 38.3 Å². The highest BCUT2D eigenvalue weighted by molar-refractivity contribution is 7.90. The Bertz CT molecular complexity index is 1520. The van der Waals surface area contributed by atoms with Crippen LogP contribution in [0.15, 0.2) is 48.5 Å². The van der Waals surface area contributed by atoms with Crippen LogP contribution in [0, 0.1) is 0 Å². The van der Waals surface area contributed by atoms with Crippen LogP contribution in [-0.2, 0) is 37.3 Å². The fourth-order valence-electron chi connectivity index (χ4n) is 4.56. The summed E-state index contributed by atoms with van der Waals surface area (Å²) in [7, 11) is -4.17. The van der Waals surface area contributed by atoms with Crippen LogP contribution < -0.4 is 19.1 Å². The second kappa shape index (κ2) is 11.7. The molecule has 0 saturated carbocycles. The van der Waals surface area contributed by atoms with E-state index in [1.165, 1.54) is 0 Å². The Morgan fingerprint density at radius 2 is 1.51 bits per heavy atom. The monoisotopic (exact) mass is 554 g/mol. The average molecular weight is 555 g/mol. The summed E-state index contributed by atoms with van der Waals surface area (Å²) in [5.41, 5.74) is 2.35. The van der Waals surface area contributed by atoms with Gasteiger partial charge in [-0.15, -0.1) is 0 Å². The standard InChI is InChI=1S/C28H30N2O8S/c1-4-36-24(32)17-39(34,35)29-23(31)15-18-11-13-19(14-12-18)30-16-22-25(28(30)33)27(38-6-3)21-10-8-7-9-20(21)26(22)37-5-2/h7-14H,4-6,15-17H2,1-3H3,(H,29,31). The van der Waals surface area contributed by atoms with Crippen molar-refractivity contribution >= 4 is 44.3 Å². The van der Waals surface area contributed by atoms with E-state index in [0.29, 0.717) is 41.5 Å². The van der Waals surface area contributed by atoms with E-state index in [1.54, 1.807) is 36.1 Å². The van der Waals surface area contributed by atoms with Crippen LogP contribution in [0.2, 0.25) is 0 Å². The van der Waals surface area contributed by atoms with Gasteiger partial charge in [0.1, 0.15) is 11.5 Å². The normalized spacial score (nSPS) is 12.8. The fraction of sp³-hybridized carbons (Fsp3) is 0.321. The fourth-order valence-corrected chi connectivity index (χ4v) is 5.45. The molecule has 0 bridgehead atoms. The Labute approximate surface area is 226 Å². The predicted octanol–water partition coefficient (Wildman–Crippen LogP) is 3.35. The number of hydrogen-bond acceptors (Lipinski definition) is 8. The lowest BCUT2D eigenvalue weighted by molar-refractivity contribution is -0.139. The van der Waals surface area contributed by atoms with Gasteiger partial charge in [0, 0.05) is 22.0 Å². The number of sulfonamides is 1. The molecule has 2 amide bonds. The molecule has 3 aromatic rings. The molecule has 1 heterocycles. The lowest BCUT2D eigenvalue weighted by Gasteiger charge is -2.16. The highest BCUT2D eigenvalue weighted by atomic mass is 32.2. The highest BCUT2D eigenvalue weighted by Crippen LogP contribution is 2.46. The van der Waals surface area contributed by atoms with E-state index in [2.05, 4.69) is 4.74 Å². The topological polar surface area (TPSA) is 128 Å². The van der Waals surface area contributed by atoms with Gasteiger partial charge in [-0.3, -0.25) is 19.1 Å². The van der Waals surface area contributed by atoms with E-state index in [9.17, 15) is 22.8 Å². The molecule has 39 heavy (non-hydrogen) atoms.